The van der Waals surface area contributed by atoms with Crippen molar-refractivity contribution in [2.75, 3.05) is 0 Å². The van der Waals surface area contributed by atoms with Crippen molar-refractivity contribution in [2.45, 2.75) is 78.1 Å². The van der Waals surface area contributed by atoms with E-state index in [0.29, 0.717) is 37.2 Å². The second kappa shape index (κ2) is 11.8. The molecule has 0 saturated heterocycles. The summed E-state index contributed by atoms with van der Waals surface area (Å²) < 4.78 is 0. The van der Waals surface area contributed by atoms with Crippen LogP contribution in [-0.2, 0) is 9.59 Å². The van der Waals surface area contributed by atoms with Gasteiger partial charge in [0.2, 0.25) is 0 Å². The van der Waals surface area contributed by atoms with E-state index in [2.05, 4.69) is 13.8 Å². The van der Waals surface area contributed by atoms with E-state index < -0.39 is 0 Å². The summed E-state index contributed by atoms with van der Waals surface area (Å²) in [5.41, 5.74) is 0. The maximum absolute atomic E-state index is 11.4. The normalized spacial score (nSPS) is 10.5. The average Bonchev–Trinajstić information content (AvgIpc) is 2.32. The Balaban J connectivity index is 3.32. The third-order valence-electron chi connectivity index (χ3n) is 2.87. The molecule has 0 aromatic rings. The molecule has 0 aromatic heterocycles. The predicted molar refractivity (Wildman–Crippen MR) is 71.8 cm³/mol. The van der Waals surface area contributed by atoms with Gasteiger partial charge in [0.15, 0.2) is 0 Å². The predicted octanol–water partition coefficient (Wildman–Crippen LogP) is 4.27. The minimum Gasteiger partial charge on any atom is -0.300 e. The van der Waals surface area contributed by atoms with Crippen molar-refractivity contribution in [3.63, 3.8) is 0 Å². The topological polar surface area (TPSA) is 34.1 Å². The average molecular weight is 239 g/mol. The minimum atomic E-state index is 0.319. The number of ketones is 2. The first kappa shape index (κ1) is 16.3. The van der Waals surface area contributed by atoms with E-state index in [1.165, 1.54) is 0 Å². The fourth-order valence-electron chi connectivity index (χ4n) is 1.70. The van der Waals surface area contributed by atoms with E-state index in [-0.39, 0.29) is 0 Å². The Bertz CT molecular complexity index is 209. The van der Waals surface area contributed by atoms with E-state index in [0.717, 1.165) is 38.5 Å². The second-order valence-electron chi connectivity index (χ2n) is 4.67. The smallest absolute Gasteiger partial charge is 0.133 e. The molecule has 0 amide bonds. The molecular weight excluding hydrogens is 212 g/mol. The zero-order chi connectivity index (χ0) is 12.9. The summed E-state index contributed by atoms with van der Waals surface area (Å²) in [6.45, 7) is 4.23. The lowest BCUT2D eigenvalue weighted by atomic mass is 10.0. The maximum Gasteiger partial charge on any atom is 0.133 e. The first-order valence-electron chi connectivity index (χ1n) is 7.05. The summed E-state index contributed by atoms with van der Waals surface area (Å²) in [7, 11) is 0. The van der Waals surface area contributed by atoms with Crippen molar-refractivity contribution in [2.24, 2.45) is 0 Å². The monoisotopic (exact) mass is 239 g/mol. The molecule has 0 aromatic carbocycles. The first-order valence-corrected chi connectivity index (χ1v) is 7.05. The molecule has 0 heterocycles. The van der Waals surface area contributed by atoms with Crippen molar-refractivity contribution in [1.29, 1.82) is 0 Å². The molecule has 0 saturated carbocycles. The molecule has 0 spiro atoms. The summed E-state index contributed by atoms with van der Waals surface area (Å²) in [5.74, 6) is 0.654. The van der Waals surface area contributed by atoms with Crippen molar-refractivity contribution >= 4 is 11.6 Å². The third kappa shape index (κ3) is 11.6. The molecule has 2 heteroatoms. The van der Waals surface area contributed by atoms with Gasteiger partial charge in [0, 0.05) is 25.7 Å². The molecule has 0 fully saturated rings. The molecule has 2 nitrogen and oxygen atoms in total. The van der Waals surface area contributed by atoms with Crippen molar-refractivity contribution in [3.8, 4) is 0 Å². The standard InChI is InChI=1S/C15H27O2/c1-3-5-7-11-15(17)13-9-8-12-14(16)10-6-4-2/h9H,3-8,10-13H2,1-2H3. The summed E-state index contributed by atoms with van der Waals surface area (Å²) in [6.07, 6.45) is 10.7. The molecule has 0 N–H and O–H groups in total. The van der Waals surface area contributed by atoms with Crippen LogP contribution in [0.25, 0.3) is 0 Å². The van der Waals surface area contributed by atoms with Crippen LogP contribution in [0, 0.1) is 6.42 Å². The number of carbonyl (C=O) groups excluding carboxylic acids is 2. The van der Waals surface area contributed by atoms with Crippen LogP contribution in [0.2, 0.25) is 0 Å². The maximum atomic E-state index is 11.4. The quantitative estimate of drug-likeness (QED) is 0.477. The van der Waals surface area contributed by atoms with Gasteiger partial charge in [-0.1, -0.05) is 33.1 Å². The Morgan fingerprint density at radius 1 is 0.824 bits per heavy atom. The van der Waals surface area contributed by atoms with Crippen molar-refractivity contribution < 1.29 is 9.59 Å². The summed E-state index contributed by atoms with van der Waals surface area (Å²) in [6, 6.07) is 0. The highest BCUT2D eigenvalue weighted by atomic mass is 16.1. The molecule has 0 aliphatic rings. The lowest BCUT2D eigenvalue weighted by Crippen LogP contribution is -2.01. The van der Waals surface area contributed by atoms with E-state index in [1.54, 1.807) is 0 Å². The molecule has 0 rings (SSSR count). The SMILES string of the molecule is CCCCCC(=O)C[CH]CCC(=O)CCCC. The van der Waals surface area contributed by atoms with Gasteiger partial charge in [-0.3, -0.25) is 9.59 Å². The molecule has 0 aliphatic carbocycles. The molecule has 0 atom stereocenters. The second-order valence-corrected chi connectivity index (χ2v) is 4.67. The number of rotatable bonds is 12. The van der Waals surface area contributed by atoms with Crippen LogP contribution in [0.5, 0.6) is 0 Å². The largest absolute Gasteiger partial charge is 0.300 e. The molecule has 1 radical (unpaired) electrons. The van der Waals surface area contributed by atoms with Crippen LogP contribution in [0.15, 0.2) is 0 Å². The third-order valence-corrected chi connectivity index (χ3v) is 2.87. The minimum absolute atomic E-state index is 0.319. The molecule has 0 unspecified atom stereocenters. The number of Topliss-reactive ketones (excluding diaryl/α,β-unsaturated/α-hetero) is 2. The fourth-order valence-corrected chi connectivity index (χ4v) is 1.70. The van der Waals surface area contributed by atoms with Gasteiger partial charge in [-0.15, -0.1) is 0 Å². The fraction of sp³-hybridized carbons (Fsp3) is 0.800. The molecule has 17 heavy (non-hydrogen) atoms. The van der Waals surface area contributed by atoms with Crippen molar-refractivity contribution in [3.05, 3.63) is 6.42 Å². The summed E-state index contributed by atoms with van der Waals surface area (Å²) in [4.78, 5) is 22.8. The Morgan fingerprint density at radius 3 is 2.12 bits per heavy atom. The highest BCUT2D eigenvalue weighted by Crippen LogP contribution is 2.07. The highest BCUT2D eigenvalue weighted by molar-refractivity contribution is 5.80. The van der Waals surface area contributed by atoms with Crippen LogP contribution < -0.4 is 0 Å². The van der Waals surface area contributed by atoms with Gasteiger partial charge in [0.25, 0.3) is 0 Å². The van der Waals surface area contributed by atoms with Crippen LogP contribution in [0.3, 0.4) is 0 Å². The van der Waals surface area contributed by atoms with E-state index >= 15 is 0 Å². The summed E-state index contributed by atoms with van der Waals surface area (Å²) >= 11 is 0. The number of hydrogen-bond acceptors (Lipinski definition) is 2. The lowest BCUT2D eigenvalue weighted by Gasteiger charge is -2.01. The highest BCUT2D eigenvalue weighted by Gasteiger charge is 2.04. The van der Waals surface area contributed by atoms with E-state index in [4.69, 9.17) is 0 Å². The summed E-state index contributed by atoms with van der Waals surface area (Å²) in [5, 5.41) is 0. The van der Waals surface area contributed by atoms with Gasteiger partial charge in [0.05, 0.1) is 0 Å². The molecule has 99 valence electrons. The molecule has 0 aliphatic heterocycles. The van der Waals surface area contributed by atoms with Gasteiger partial charge in [-0.2, -0.15) is 0 Å². The first-order chi connectivity index (χ1) is 8.20. The zero-order valence-electron chi connectivity index (χ0n) is 11.5. The van der Waals surface area contributed by atoms with Gasteiger partial charge in [-0.25, -0.2) is 0 Å². The van der Waals surface area contributed by atoms with Crippen LogP contribution in [0.4, 0.5) is 0 Å². The van der Waals surface area contributed by atoms with E-state index in [9.17, 15) is 9.59 Å². The Morgan fingerprint density at radius 2 is 1.47 bits per heavy atom. The van der Waals surface area contributed by atoms with Gasteiger partial charge in [0.1, 0.15) is 11.6 Å². The van der Waals surface area contributed by atoms with Crippen LogP contribution >= 0.6 is 0 Å². The molecule has 0 bridgehead atoms. The van der Waals surface area contributed by atoms with Gasteiger partial charge >= 0.3 is 0 Å². The van der Waals surface area contributed by atoms with Crippen LogP contribution in [0.1, 0.15) is 78.1 Å². The Hall–Kier alpha value is -0.660. The van der Waals surface area contributed by atoms with Crippen molar-refractivity contribution in [1.82, 2.24) is 0 Å². The van der Waals surface area contributed by atoms with Crippen LogP contribution in [-0.4, -0.2) is 11.6 Å². The van der Waals surface area contributed by atoms with E-state index in [1.807, 2.05) is 6.42 Å². The number of carbonyl (C=O) groups is 2. The number of hydrogen-bond donors (Lipinski definition) is 0. The Kier molecular flexibility index (Phi) is 11.4. The number of unbranched alkanes of at least 4 members (excludes halogenated alkanes) is 4. The van der Waals surface area contributed by atoms with Gasteiger partial charge in [-0.05, 0) is 25.7 Å². The lowest BCUT2D eigenvalue weighted by molar-refractivity contribution is -0.120. The Labute approximate surface area is 106 Å². The van der Waals surface area contributed by atoms with Gasteiger partial charge < -0.3 is 0 Å². The zero-order valence-corrected chi connectivity index (χ0v) is 11.5. The molecular formula is C15H27O2.